The number of nitrogen functional groups attached to an aromatic ring is 2. The van der Waals surface area contributed by atoms with E-state index in [9.17, 15) is 4.79 Å². The van der Waals surface area contributed by atoms with Crippen LogP contribution in [0.25, 0.3) is 22.3 Å². The molecule has 1 heterocycles. The lowest BCUT2D eigenvalue weighted by Gasteiger charge is -2.10. The van der Waals surface area contributed by atoms with Crippen LogP contribution in [0.2, 0.25) is 0 Å². The van der Waals surface area contributed by atoms with Gasteiger partial charge < -0.3 is 25.4 Å². The van der Waals surface area contributed by atoms with Crippen molar-refractivity contribution in [2.75, 3.05) is 24.7 Å². The molecule has 0 amide bonds. The lowest BCUT2D eigenvalue weighted by molar-refractivity contribution is 0.288. The van der Waals surface area contributed by atoms with Crippen LogP contribution >= 0.6 is 0 Å². The highest BCUT2D eigenvalue weighted by Crippen LogP contribution is 2.26. The van der Waals surface area contributed by atoms with Gasteiger partial charge in [0, 0.05) is 29.4 Å². The first-order valence-corrected chi connectivity index (χ1v) is 11.1. The van der Waals surface area contributed by atoms with Gasteiger partial charge in [0.2, 0.25) is 0 Å². The molecule has 0 spiro atoms. The SMILES string of the molecule is Nc1ccc(N)c(OCCCCCCOc2ccc3c(=O)cc(-c4ccccc4)oc3c2)c1. The molecule has 0 atom stereocenters. The maximum Gasteiger partial charge on any atom is 0.193 e. The van der Waals surface area contributed by atoms with Crippen molar-refractivity contribution in [3.8, 4) is 22.8 Å². The zero-order chi connectivity index (χ0) is 23.0. The summed E-state index contributed by atoms with van der Waals surface area (Å²) < 4.78 is 17.6. The van der Waals surface area contributed by atoms with Crippen molar-refractivity contribution >= 4 is 22.3 Å². The first-order chi connectivity index (χ1) is 16.1. The van der Waals surface area contributed by atoms with Gasteiger partial charge in [0.05, 0.1) is 24.3 Å². The largest absolute Gasteiger partial charge is 0.493 e. The zero-order valence-corrected chi connectivity index (χ0v) is 18.5. The Kier molecular flexibility index (Phi) is 7.15. The molecular formula is C27H28N2O4. The van der Waals surface area contributed by atoms with Crippen LogP contribution in [0, 0.1) is 0 Å². The minimum atomic E-state index is -0.0659. The monoisotopic (exact) mass is 444 g/mol. The minimum absolute atomic E-state index is 0.0659. The van der Waals surface area contributed by atoms with Gasteiger partial charge in [-0.1, -0.05) is 30.3 Å². The standard InChI is InChI=1S/C27H28N2O4/c28-20-10-13-23(29)27(16-20)32-15-7-2-1-6-14-31-21-11-12-22-24(30)18-25(33-26(22)17-21)19-8-4-3-5-9-19/h3-5,8-13,16-18H,1-2,6-7,14-15,28-29H2. The van der Waals surface area contributed by atoms with E-state index in [1.807, 2.05) is 36.4 Å². The minimum Gasteiger partial charge on any atom is -0.493 e. The molecule has 4 rings (SSSR count). The van der Waals surface area contributed by atoms with Gasteiger partial charge in [0.25, 0.3) is 0 Å². The molecule has 0 aliphatic carbocycles. The Balaban J connectivity index is 1.24. The van der Waals surface area contributed by atoms with Gasteiger partial charge >= 0.3 is 0 Å². The second kappa shape index (κ2) is 10.6. The third-order valence-corrected chi connectivity index (χ3v) is 5.36. The van der Waals surface area contributed by atoms with Crippen molar-refractivity contribution in [3.05, 3.63) is 83.0 Å². The van der Waals surface area contributed by atoms with Gasteiger partial charge in [-0.15, -0.1) is 0 Å². The smallest absolute Gasteiger partial charge is 0.193 e. The first kappa shape index (κ1) is 22.3. The third kappa shape index (κ3) is 5.86. The molecule has 0 bridgehead atoms. The van der Waals surface area contributed by atoms with Crippen molar-refractivity contribution in [1.82, 2.24) is 0 Å². The maximum atomic E-state index is 12.5. The number of hydrogen-bond donors (Lipinski definition) is 2. The average molecular weight is 445 g/mol. The molecule has 0 fully saturated rings. The normalized spacial score (nSPS) is 10.9. The summed E-state index contributed by atoms with van der Waals surface area (Å²) in [6, 6.07) is 21.7. The van der Waals surface area contributed by atoms with Crippen LogP contribution in [0.3, 0.4) is 0 Å². The Bertz CT molecular complexity index is 1270. The molecule has 4 N–H and O–H groups in total. The fraction of sp³-hybridized carbons (Fsp3) is 0.222. The predicted molar refractivity (Wildman–Crippen MR) is 133 cm³/mol. The van der Waals surface area contributed by atoms with E-state index in [0.717, 1.165) is 31.2 Å². The molecule has 4 aromatic rings. The average Bonchev–Trinajstić information content (AvgIpc) is 2.83. The molecule has 0 aliphatic heterocycles. The molecule has 0 saturated carbocycles. The second-order valence-corrected chi connectivity index (χ2v) is 7.91. The van der Waals surface area contributed by atoms with Crippen molar-refractivity contribution in [1.29, 1.82) is 0 Å². The zero-order valence-electron chi connectivity index (χ0n) is 18.5. The summed E-state index contributed by atoms with van der Waals surface area (Å²) in [4.78, 5) is 12.5. The molecule has 0 radical (unpaired) electrons. The number of unbranched alkanes of at least 4 members (excludes halogenated alkanes) is 3. The molecule has 6 heteroatoms. The maximum absolute atomic E-state index is 12.5. The molecule has 33 heavy (non-hydrogen) atoms. The summed E-state index contributed by atoms with van der Waals surface area (Å²) in [7, 11) is 0. The van der Waals surface area contributed by atoms with E-state index in [1.165, 1.54) is 6.07 Å². The van der Waals surface area contributed by atoms with E-state index < -0.39 is 0 Å². The van der Waals surface area contributed by atoms with E-state index in [1.54, 1.807) is 30.3 Å². The summed E-state index contributed by atoms with van der Waals surface area (Å²) in [5.41, 5.74) is 14.2. The summed E-state index contributed by atoms with van der Waals surface area (Å²) in [5, 5.41) is 0.544. The van der Waals surface area contributed by atoms with Crippen LogP contribution in [-0.4, -0.2) is 13.2 Å². The molecule has 170 valence electrons. The van der Waals surface area contributed by atoms with E-state index in [-0.39, 0.29) is 5.43 Å². The van der Waals surface area contributed by atoms with Crippen molar-refractivity contribution in [2.45, 2.75) is 25.7 Å². The van der Waals surface area contributed by atoms with Crippen LogP contribution in [0.4, 0.5) is 11.4 Å². The highest BCUT2D eigenvalue weighted by Gasteiger charge is 2.08. The van der Waals surface area contributed by atoms with Crippen molar-refractivity contribution < 1.29 is 13.9 Å². The number of benzene rings is 3. The van der Waals surface area contributed by atoms with Gasteiger partial charge in [0.1, 0.15) is 22.8 Å². The Morgan fingerprint density at radius 3 is 2.30 bits per heavy atom. The van der Waals surface area contributed by atoms with Crippen LogP contribution < -0.4 is 26.4 Å². The Hall–Kier alpha value is -3.93. The van der Waals surface area contributed by atoms with Crippen LogP contribution in [0.5, 0.6) is 11.5 Å². The molecule has 6 nitrogen and oxygen atoms in total. The number of hydrogen-bond acceptors (Lipinski definition) is 6. The highest BCUT2D eigenvalue weighted by atomic mass is 16.5. The number of anilines is 2. The van der Waals surface area contributed by atoms with Crippen molar-refractivity contribution in [2.24, 2.45) is 0 Å². The topological polar surface area (TPSA) is 101 Å². The van der Waals surface area contributed by atoms with E-state index in [4.69, 9.17) is 25.4 Å². The molecule has 0 saturated heterocycles. The van der Waals surface area contributed by atoms with Gasteiger partial charge in [-0.05, 0) is 49.9 Å². The molecule has 0 unspecified atom stereocenters. The lowest BCUT2D eigenvalue weighted by atomic mass is 10.1. The number of ether oxygens (including phenoxy) is 2. The van der Waals surface area contributed by atoms with Crippen LogP contribution in [-0.2, 0) is 0 Å². The predicted octanol–water partition coefficient (Wildman–Crippen LogP) is 5.64. The number of nitrogens with two attached hydrogens (primary N) is 2. The van der Waals surface area contributed by atoms with Crippen LogP contribution in [0.15, 0.2) is 82.0 Å². The van der Waals surface area contributed by atoms with E-state index in [2.05, 4.69) is 0 Å². The lowest BCUT2D eigenvalue weighted by Crippen LogP contribution is -2.03. The van der Waals surface area contributed by atoms with Crippen LogP contribution in [0.1, 0.15) is 25.7 Å². The molecule has 1 aromatic heterocycles. The Morgan fingerprint density at radius 1 is 0.758 bits per heavy atom. The van der Waals surface area contributed by atoms with E-state index >= 15 is 0 Å². The number of rotatable bonds is 10. The van der Waals surface area contributed by atoms with Gasteiger partial charge in [-0.3, -0.25) is 4.79 Å². The first-order valence-electron chi connectivity index (χ1n) is 11.1. The van der Waals surface area contributed by atoms with Gasteiger partial charge in [-0.25, -0.2) is 0 Å². The highest BCUT2D eigenvalue weighted by molar-refractivity contribution is 5.80. The molecule has 0 aliphatic rings. The summed E-state index contributed by atoms with van der Waals surface area (Å²) in [6.07, 6.45) is 3.90. The Labute approximate surface area is 192 Å². The van der Waals surface area contributed by atoms with Crippen molar-refractivity contribution in [3.63, 3.8) is 0 Å². The fourth-order valence-corrected chi connectivity index (χ4v) is 3.58. The molecule has 3 aromatic carbocycles. The summed E-state index contributed by atoms with van der Waals surface area (Å²) in [5.74, 6) is 1.88. The van der Waals surface area contributed by atoms with E-state index in [0.29, 0.717) is 52.8 Å². The Morgan fingerprint density at radius 2 is 1.52 bits per heavy atom. The van der Waals surface area contributed by atoms with Gasteiger partial charge in [0.15, 0.2) is 5.43 Å². The number of fused-ring (bicyclic) bond motifs is 1. The second-order valence-electron chi connectivity index (χ2n) is 7.91. The third-order valence-electron chi connectivity index (χ3n) is 5.36. The molecular weight excluding hydrogens is 416 g/mol. The summed E-state index contributed by atoms with van der Waals surface area (Å²) in [6.45, 7) is 1.19. The summed E-state index contributed by atoms with van der Waals surface area (Å²) >= 11 is 0. The fourth-order valence-electron chi connectivity index (χ4n) is 3.58. The quantitative estimate of drug-likeness (QED) is 0.242. The van der Waals surface area contributed by atoms with Gasteiger partial charge in [-0.2, -0.15) is 0 Å².